The van der Waals surface area contributed by atoms with Crippen LogP contribution in [0.15, 0.2) is 4.99 Å². The van der Waals surface area contributed by atoms with Crippen LogP contribution in [0.1, 0.15) is 19.8 Å². The summed E-state index contributed by atoms with van der Waals surface area (Å²) in [5.74, 6) is 1.65. The first-order valence-corrected chi connectivity index (χ1v) is 5.29. The average Bonchev–Trinajstić information content (AvgIpc) is 2.71. The first kappa shape index (κ1) is 9.00. The SMILES string of the molecule is CCN1CCC(C2=NCCO2)CC1. The molecule has 74 valence electrons. The van der Waals surface area contributed by atoms with Crippen molar-refractivity contribution in [3.05, 3.63) is 0 Å². The predicted octanol–water partition coefficient (Wildman–Crippen LogP) is 1.15. The first-order chi connectivity index (χ1) is 6.40. The van der Waals surface area contributed by atoms with Crippen molar-refractivity contribution >= 4 is 5.90 Å². The van der Waals surface area contributed by atoms with E-state index in [4.69, 9.17) is 4.74 Å². The van der Waals surface area contributed by atoms with Gasteiger partial charge in [-0.05, 0) is 32.5 Å². The fourth-order valence-corrected chi connectivity index (χ4v) is 2.09. The lowest BCUT2D eigenvalue weighted by Crippen LogP contribution is -2.36. The Bertz CT molecular complexity index is 195. The number of nitrogens with zero attached hydrogens (tertiary/aromatic N) is 2. The first-order valence-electron chi connectivity index (χ1n) is 5.29. The van der Waals surface area contributed by atoms with Crippen LogP contribution in [0.4, 0.5) is 0 Å². The molecule has 0 aromatic rings. The standard InChI is InChI=1S/C10H18N2O/c1-2-12-6-3-9(4-7-12)10-11-5-8-13-10/h9H,2-8H2,1H3. The van der Waals surface area contributed by atoms with Gasteiger partial charge in [0.05, 0.1) is 6.54 Å². The predicted molar refractivity (Wildman–Crippen MR) is 53.1 cm³/mol. The molecule has 2 aliphatic heterocycles. The third-order valence-electron chi connectivity index (χ3n) is 2.99. The molecular formula is C10H18N2O. The lowest BCUT2D eigenvalue weighted by atomic mass is 9.97. The number of piperidine rings is 1. The molecule has 13 heavy (non-hydrogen) atoms. The number of hydrogen-bond acceptors (Lipinski definition) is 3. The summed E-state index contributed by atoms with van der Waals surface area (Å²) in [6, 6.07) is 0. The number of aliphatic imine (C=N–C) groups is 1. The van der Waals surface area contributed by atoms with Crippen LogP contribution in [-0.2, 0) is 4.74 Å². The molecule has 0 atom stereocenters. The zero-order chi connectivity index (χ0) is 9.10. The van der Waals surface area contributed by atoms with Crippen molar-refractivity contribution in [3.63, 3.8) is 0 Å². The van der Waals surface area contributed by atoms with Crippen molar-refractivity contribution in [3.8, 4) is 0 Å². The van der Waals surface area contributed by atoms with E-state index in [-0.39, 0.29) is 0 Å². The van der Waals surface area contributed by atoms with Crippen LogP contribution < -0.4 is 0 Å². The van der Waals surface area contributed by atoms with Crippen molar-refractivity contribution in [2.45, 2.75) is 19.8 Å². The molecule has 0 saturated carbocycles. The van der Waals surface area contributed by atoms with Crippen molar-refractivity contribution in [1.82, 2.24) is 4.90 Å². The molecule has 2 rings (SSSR count). The molecule has 0 N–H and O–H groups in total. The molecule has 1 fully saturated rings. The maximum absolute atomic E-state index is 5.49. The lowest BCUT2D eigenvalue weighted by Gasteiger charge is -2.30. The summed E-state index contributed by atoms with van der Waals surface area (Å²) in [4.78, 5) is 6.88. The highest BCUT2D eigenvalue weighted by molar-refractivity contribution is 5.80. The van der Waals surface area contributed by atoms with Crippen molar-refractivity contribution in [1.29, 1.82) is 0 Å². The van der Waals surface area contributed by atoms with Crippen molar-refractivity contribution in [2.75, 3.05) is 32.8 Å². The zero-order valence-electron chi connectivity index (χ0n) is 8.33. The average molecular weight is 182 g/mol. The second kappa shape index (κ2) is 4.09. The van der Waals surface area contributed by atoms with Gasteiger partial charge in [-0.25, -0.2) is 0 Å². The second-order valence-electron chi connectivity index (χ2n) is 3.78. The topological polar surface area (TPSA) is 24.8 Å². The maximum atomic E-state index is 5.49. The van der Waals surface area contributed by atoms with E-state index < -0.39 is 0 Å². The summed E-state index contributed by atoms with van der Waals surface area (Å²) in [5.41, 5.74) is 0. The number of ether oxygens (including phenoxy) is 1. The van der Waals surface area contributed by atoms with Crippen LogP contribution in [0.5, 0.6) is 0 Å². The Morgan fingerprint density at radius 3 is 2.77 bits per heavy atom. The van der Waals surface area contributed by atoms with E-state index in [1.54, 1.807) is 0 Å². The number of hydrogen-bond donors (Lipinski definition) is 0. The van der Waals surface area contributed by atoms with Crippen LogP contribution in [0.3, 0.4) is 0 Å². The van der Waals surface area contributed by atoms with Gasteiger partial charge < -0.3 is 9.64 Å². The van der Waals surface area contributed by atoms with Crippen LogP contribution in [-0.4, -0.2) is 43.6 Å². The molecule has 1 saturated heterocycles. The summed E-state index contributed by atoms with van der Waals surface area (Å²) in [6.45, 7) is 7.52. The summed E-state index contributed by atoms with van der Waals surface area (Å²) in [7, 11) is 0. The van der Waals surface area contributed by atoms with Crippen LogP contribution in [0.2, 0.25) is 0 Å². The van der Waals surface area contributed by atoms with E-state index in [2.05, 4.69) is 16.8 Å². The van der Waals surface area contributed by atoms with E-state index in [1.807, 2.05) is 0 Å². The molecule has 0 radical (unpaired) electrons. The van der Waals surface area contributed by atoms with E-state index >= 15 is 0 Å². The fraction of sp³-hybridized carbons (Fsp3) is 0.900. The summed E-state index contributed by atoms with van der Waals surface area (Å²) < 4.78 is 5.49. The zero-order valence-corrected chi connectivity index (χ0v) is 8.33. The number of rotatable bonds is 2. The van der Waals surface area contributed by atoms with Gasteiger partial charge in [-0.1, -0.05) is 6.92 Å². The fourth-order valence-electron chi connectivity index (χ4n) is 2.09. The summed E-state index contributed by atoms with van der Waals surface area (Å²) in [6.07, 6.45) is 2.46. The smallest absolute Gasteiger partial charge is 0.186 e. The molecule has 0 bridgehead atoms. The van der Waals surface area contributed by atoms with Gasteiger partial charge in [0.25, 0.3) is 0 Å². The highest BCUT2D eigenvalue weighted by atomic mass is 16.5. The van der Waals surface area contributed by atoms with Gasteiger partial charge in [-0.3, -0.25) is 4.99 Å². The van der Waals surface area contributed by atoms with E-state index in [1.165, 1.54) is 32.5 Å². The molecule has 0 aromatic carbocycles. The molecule has 3 nitrogen and oxygen atoms in total. The van der Waals surface area contributed by atoms with Gasteiger partial charge in [0.1, 0.15) is 6.61 Å². The minimum atomic E-state index is 0.616. The Morgan fingerprint density at radius 2 is 2.23 bits per heavy atom. The maximum Gasteiger partial charge on any atom is 0.186 e. The van der Waals surface area contributed by atoms with Gasteiger partial charge >= 0.3 is 0 Å². The van der Waals surface area contributed by atoms with Gasteiger partial charge in [-0.2, -0.15) is 0 Å². The largest absolute Gasteiger partial charge is 0.479 e. The van der Waals surface area contributed by atoms with E-state index in [9.17, 15) is 0 Å². The Hall–Kier alpha value is -0.570. The molecule has 3 heteroatoms. The normalized spacial score (nSPS) is 25.8. The van der Waals surface area contributed by atoms with Gasteiger partial charge in [0, 0.05) is 5.92 Å². The Labute approximate surface area is 79.8 Å². The molecule has 0 aliphatic carbocycles. The Morgan fingerprint density at radius 1 is 1.46 bits per heavy atom. The van der Waals surface area contributed by atoms with E-state index in [0.717, 1.165) is 19.0 Å². The Kier molecular flexibility index (Phi) is 2.83. The lowest BCUT2D eigenvalue weighted by molar-refractivity contribution is 0.203. The molecular weight excluding hydrogens is 164 g/mol. The molecule has 0 unspecified atom stereocenters. The minimum Gasteiger partial charge on any atom is -0.479 e. The van der Waals surface area contributed by atoms with Gasteiger partial charge in [0.15, 0.2) is 5.90 Å². The van der Waals surface area contributed by atoms with Gasteiger partial charge in [-0.15, -0.1) is 0 Å². The third kappa shape index (κ3) is 2.02. The quantitative estimate of drug-likeness (QED) is 0.640. The monoisotopic (exact) mass is 182 g/mol. The van der Waals surface area contributed by atoms with E-state index in [0.29, 0.717) is 5.92 Å². The molecule has 2 aliphatic rings. The second-order valence-corrected chi connectivity index (χ2v) is 3.78. The van der Waals surface area contributed by atoms with Crippen molar-refractivity contribution in [2.24, 2.45) is 10.9 Å². The molecule has 2 heterocycles. The van der Waals surface area contributed by atoms with Crippen LogP contribution in [0.25, 0.3) is 0 Å². The summed E-state index contributed by atoms with van der Waals surface area (Å²) >= 11 is 0. The molecule has 0 amide bonds. The van der Waals surface area contributed by atoms with Crippen LogP contribution >= 0.6 is 0 Å². The highest BCUT2D eigenvalue weighted by Crippen LogP contribution is 2.20. The minimum absolute atomic E-state index is 0.616. The highest BCUT2D eigenvalue weighted by Gasteiger charge is 2.25. The third-order valence-corrected chi connectivity index (χ3v) is 2.99. The Balaban J connectivity index is 1.83. The number of likely N-dealkylation sites (tertiary alicyclic amines) is 1. The van der Waals surface area contributed by atoms with Gasteiger partial charge in [0.2, 0.25) is 0 Å². The molecule has 0 aromatic heterocycles. The van der Waals surface area contributed by atoms with Crippen LogP contribution in [0, 0.1) is 5.92 Å². The molecule has 0 spiro atoms. The summed E-state index contributed by atoms with van der Waals surface area (Å²) in [5, 5.41) is 0. The van der Waals surface area contributed by atoms with Crippen molar-refractivity contribution < 1.29 is 4.74 Å².